The summed E-state index contributed by atoms with van der Waals surface area (Å²) < 4.78 is 33.0. The molecule has 1 aromatic heterocycles. The van der Waals surface area contributed by atoms with Crippen molar-refractivity contribution in [3.8, 4) is 0 Å². The molecule has 0 radical (unpaired) electrons. The average molecular weight is 285 g/mol. The fourth-order valence-electron chi connectivity index (χ4n) is 2.19. The molecule has 0 aromatic carbocycles. The summed E-state index contributed by atoms with van der Waals surface area (Å²) in [7, 11) is -1.97. The summed E-state index contributed by atoms with van der Waals surface area (Å²) in [4.78, 5) is 4.17. The molecule has 0 amide bonds. The van der Waals surface area contributed by atoms with Crippen LogP contribution in [0.1, 0.15) is 19.8 Å². The Kier molecular flexibility index (Phi) is 4.07. The second kappa shape index (κ2) is 5.44. The van der Waals surface area contributed by atoms with E-state index in [2.05, 4.69) is 15.0 Å². The van der Waals surface area contributed by atoms with Crippen molar-refractivity contribution in [2.24, 2.45) is 0 Å². The van der Waals surface area contributed by atoms with E-state index < -0.39 is 15.6 Å². The highest BCUT2D eigenvalue weighted by molar-refractivity contribution is 7.89. The van der Waals surface area contributed by atoms with E-state index in [-0.39, 0.29) is 4.90 Å². The van der Waals surface area contributed by atoms with Crippen LogP contribution in [0.4, 0.5) is 5.82 Å². The molecule has 19 heavy (non-hydrogen) atoms. The Morgan fingerprint density at radius 2 is 2.26 bits per heavy atom. The maximum absolute atomic E-state index is 12.4. The van der Waals surface area contributed by atoms with Gasteiger partial charge in [-0.1, -0.05) is 0 Å². The van der Waals surface area contributed by atoms with Crippen LogP contribution < -0.4 is 10.0 Å². The molecular weight excluding hydrogens is 266 g/mol. The molecule has 2 N–H and O–H groups in total. The predicted octanol–water partition coefficient (Wildman–Crippen LogP) is 0.971. The van der Waals surface area contributed by atoms with Gasteiger partial charge in [-0.25, -0.2) is 18.1 Å². The summed E-state index contributed by atoms with van der Waals surface area (Å²) in [5.41, 5.74) is -0.558. The fraction of sp³-hybridized carbons (Fsp3) is 0.583. The van der Waals surface area contributed by atoms with Crippen molar-refractivity contribution in [2.45, 2.75) is 30.2 Å². The van der Waals surface area contributed by atoms with Gasteiger partial charge in [0.05, 0.1) is 12.1 Å². The van der Waals surface area contributed by atoms with E-state index in [4.69, 9.17) is 4.74 Å². The van der Waals surface area contributed by atoms with Crippen LogP contribution in [-0.2, 0) is 14.8 Å². The monoisotopic (exact) mass is 285 g/mol. The summed E-state index contributed by atoms with van der Waals surface area (Å²) in [6.45, 7) is 2.94. The maximum Gasteiger partial charge on any atom is 0.244 e. The molecule has 1 saturated heterocycles. The van der Waals surface area contributed by atoms with Gasteiger partial charge in [0, 0.05) is 19.9 Å². The van der Waals surface area contributed by atoms with Crippen molar-refractivity contribution < 1.29 is 13.2 Å². The molecule has 1 aromatic rings. The Hall–Kier alpha value is -1.18. The number of ether oxygens (including phenoxy) is 1. The van der Waals surface area contributed by atoms with E-state index in [0.717, 1.165) is 12.8 Å². The van der Waals surface area contributed by atoms with Crippen LogP contribution in [-0.4, -0.2) is 39.2 Å². The van der Waals surface area contributed by atoms with Crippen LogP contribution in [0.3, 0.4) is 0 Å². The van der Waals surface area contributed by atoms with E-state index in [9.17, 15) is 8.42 Å². The van der Waals surface area contributed by atoms with Gasteiger partial charge in [-0.15, -0.1) is 0 Å². The third kappa shape index (κ3) is 3.23. The number of hydrogen-bond acceptors (Lipinski definition) is 5. The highest BCUT2D eigenvalue weighted by Gasteiger charge is 2.33. The minimum Gasteiger partial charge on any atom is -0.380 e. The van der Waals surface area contributed by atoms with Crippen LogP contribution >= 0.6 is 0 Å². The Bertz CT molecular complexity index is 539. The molecule has 1 aliphatic rings. The molecular formula is C12H19N3O3S. The Morgan fingerprint density at radius 3 is 2.89 bits per heavy atom. The number of nitrogens with one attached hydrogen (secondary N) is 2. The number of rotatable bonds is 4. The second-order valence-corrected chi connectivity index (χ2v) is 6.57. The summed E-state index contributed by atoms with van der Waals surface area (Å²) in [6, 6.07) is 3.14. The SMILES string of the molecule is CNc1ncccc1S(=O)(=O)NC1(C)CCCOC1. The molecule has 106 valence electrons. The third-order valence-corrected chi connectivity index (χ3v) is 4.79. The van der Waals surface area contributed by atoms with Gasteiger partial charge in [0.1, 0.15) is 10.7 Å². The van der Waals surface area contributed by atoms with Crippen molar-refractivity contribution in [1.82, 2.24) is 9.71 Å². The molecule has 0 bridgehead atoms. The lowest BCUT2D eigenvalue weighted by Gasteiger charge is -2.33. The van der Waals surface area contributed by atoms with E-state index in [0.29, 0.717) is 19.0 Å². The lowest BCUT2D eigenvalue weighted by atomic mass is 9.97. The molecule has 2 rings (SSSR count). The van der Waals surface area contributed by atoms with Crippen LogP contribution in [0.25, 0.3) is 0 Å². The summed E-state index contributed by atoms with van der Waals surface area (Å²) in [5.74, 6) is 0.343. The van der Waals surface area contributed by atoms with Crippen LogP contribution in [0.5, 0.6) is 0 Å². The van der Waals surface area contributed by atoms with Gasteiger partial charge in [0.25, 0.3) is 0 Å². The first kappa shape index (κ1) is 14.2. The van der Waals surface area contributed by atoms with E-state index in [1.807, 2.05) is 6.92 Å². The number of sulfonamides is 1. The number of aromatic nitrogens is 1. The normalized spacial score (nSPS) is 24.1. The minimum absolute atomic E-state index is 0.157. The van der Waals surface area contributed by atoms with Crippen LogP contribution in [0.15, 0.2) is 23.2 Å². The Morgan fingerprint density at radius 1 is 1.47 bits per heavy atom. The first-order chi connectivity index (χ1) is 8.97. The third-order valence-electron chi connectivity index (χ3n) is 3.12. The molecule has 1 fully saturated rings. The smallest absolute Gasteiger partial charge is 0.244 e. The molecule has 0 aliphatic carbocycles. The molecule has 1 aliphatic heterocycles. The lowest BCUT2D eigenvalue weighted by molar-refractivity contribution is 0.0386. The van der Waals surface area contributed by atoms with Gasteiger partial charge >= 0.3 is 0 Å². The molecule has 0 saturated carbocycles. The van der Waals surface area contributed by atoms with Crippen molar-refractivity contribution in [1.29, 1.82) is 0 Å². The first-order valence-electron chi connectivity index (χ1n) is 6.21. The lowest BCUT2D eigenvalue weighted by Crippen LogP contribution is -2.51. The topological polar surface area (TPSA) is 80.3 Å². The maximum atomic E-state index is 12.4. The number of nitrogens with zero attached hydrogens (tertiary/aromatic N) is 1. The van der Waals surface area contributed by atoms with Gasteiger partial charge < -0.3 is 10.1 Å². The zero-order valence-electron chi connectivity index (χ0n) is 11.1. The Labute approximate surface area is 113 Å². The van der Waals surface area contributed by atoms with Gasteiger partial charge in [-0.05, 0) is 31.9 Å². The van der Waals surface area contributed by atoms with E-state index in [1.54, 1.807) is 19.3 Å². The summed E-state index contributed by atoms with van der Waals surface area (Å²) in [5, 5.41) is 2.79. The quantitative estimate of drug-likeness (QED) is 0.861. The van der Waals surface area contributed by atoms with Crippen LogP contribution in [0.2, 0.25) is 0 Å². The zero-order valence-corrected chi connectivity index (χ0v) is 12.0. The van der Waals surface area contributed by atoms with Gasteiger partial charge in [-0.3, -0.25) is 0 Å². The number of pyridine rings is 1. The summed E-state index contributed by atoms with van der Waals surface area (Å²) in [6.07, 6.45) is 3.17. The van der Waals surface area contributed by atoms with E-state index in [1.165, 1.54) is 6.07 Å². The van der Waals surface area contributed by atoms with Crippen molar-refractivity contribution >= 4 is 15.8 Å². The molecule has 0 spiro atoms. The number of hydrogen-bond donors (Lipinski definition) is 2. The average Bonchev–Trinajstić information content (AvgIpc) is 2.38. The summed E-state index contributed by atoms with van der Waals surface area (Å²) >= 11 is 0. The first-order valence-corrected chi connectivity index (χ1v) is 7.70. The van der Waals surface area contributed by atoms with Crippen molar-refractivity contribution in [2.75, 3.05) is 25.6 Å². The minimum atomic E-state index is -3.62. The molecule has 2 heterocycles. The molecule has 1 unspecified atom stereocenters. The highest BCUT2D eigenvalue weighted by atomic mass is 32.2. The van der Waals surface area contributed by atoms with Crippen LogP contribution in [0, 0.1) is 0 Å². The highest BCUT2D eigenvalue weighted by Crippen LogP contribution is 2.24. The zero-order chi connectivity index (χ0) is 13.9. The van der Waals surface area contributed by atoms with Crippen molar-refractivity contribution in [3.05, 3.63) is 18.3 Å². The molecule has 7 heteroatoms. The van der Waals surface area contributed by atoms with Gasteiger partial charge in [0.2, 0.25) is 10.0 Å². The Balaban J connectivity index is 2.27. The number of anilines is 1. The fourth-order valence-corrected chi connectivity index (χ4v) is 3.78. The van der Waals surface area contributed by atoms with Gasteiger partial charge in [-0.2, -0.15) is 0 Å². The van der Waals surface area contributed by atoms with Crippen molar-refractivity contribution in [3.63, 3.8) is 0 Å². The van der Waals surface area contributed by atoms with E-state index >= 15 is 0 Å². The molecule has 6 nitrogen and oxygen atoms in total. The standard InChI is InChI=1S/C12H19N3O3S/c1-12(6-4-8-18-9-12)15-19(16,17)10-5-3-7-14-11(10)13-2/h3,5,7,15H,4,6,8-9H2,1-2H3,(H,13,14). The van der Waals surface area contributed by atoms with Gasteiger partial charge in [0.15, 0.2) is 0 Å². The molecule has 1 atom stereocenters. The predicted molar refractivity (Wildman–Crippen MR) is 72.6 cm³/mol. The largest absolute Gasteiger partial charge is 0.380 e. The second-order valence-electron chi connectivity index (χ2n) is 4.92.